The SMILES string of the molecule is O=C(c1ccccc1)c1cccc(-c2cccc(N3CC=CC3)c2Cl)c1. The fourth-order valence-corrected chi connectivity index (χ4v) is 3.60. The van der Waals surface area contributed by atoms with Gasteiger partial charge in [-0.15, -0.1) is 0 Å². The van der Waals surface area contributed by atoms with Gasteiger partial charge in [0.1, 0.15) is 0 Å². The molecule has 0 bridgehead atoms. The van der Waals surface area contributed by atoms with Crippen LogP contribution in [-0.2, 0) is 0 Å². The van der Waals surface area contributed by atoms with Gasteiger partial charge in [0.2, 0.25) is 0 Å². The Balaban J connectivity index is 1.71. The number of hydrogen-bond donors (Lipinski definition) is 0. The summed E-state index contributed by atoms with van der Waals surface area (Å²) in [5, 5.41) is 0.723. The van der Waals surface area contributed by atoms with Crippen LogP contribution in [0, 0.1) is 0 Å². The summed E-state index contributed by atoms with van der Waals surface area (Å²) in [5.74, 6) is 0.0171. The Morgan fingerprint density at radius 2 is 1.50 bits per heavy atom. The minimum atomic E-state index is 0.0171. The van der Waals surface area contributed by atoms with Crippen LogP contribution in [0.25, 0.3) is 11.1 Å². The molecule has 2 nitrogen and oxygen atoms in total. The van der Waals surface area contributed by atoms with Gasteiger partial charge in [-0.25, -0.2) is 0 Å². The van der Waals surface area contributed by atoms with Crippen molar-refractivity contribution in [1.29, 1.82) is 0 Å². The molecule has 0 atom stereocenters. The molecule has 3 heteroatoms. The van der Waals surface area contributed by atoms with Gasteiger partial charge in [-0.3, -0.25) is 4.79 Å². The predicted octanol–water partition coefficient (Wildman–Crippen LogP) is 5.61. The van der Waals surface area contributed by atoms with Gasteiger partial charge in [-0.1, -0.05) is 84.4 Å². The molecular weight excluding hydrogens is 342 g/mol. The van der Waals surface area contributed by atoms with E-state index in [2.05, 4.69) is 17.1 Å². The second-order valence-electron chi connectivity index (χ2n) is 6.29. The number of halogens is 1. The van der Waals surface area contributed by atoms with Crippen molar-refractivity contribution in [3.8, 4) is 11.1 Å². The third kappa shape index (κ3) is 3.16. The summed E-state index contributed by atoms with van der Waals surface area (Å²) in [6.07, 6.45) is 4.28. The molecule has 0 aliphatic carbocycles. The van der Waals surface area contributed by atoms with Crippen LogP contribution < -0.4 is 4.90 Å². The second-order valence-corrected chi connectivity index (χ2v) is 6.67. The molecule has 0 amide bonds. The van der Waals surface area contributed by atoms with Crippen LogP contribution in [0.4, 0.5) is 5.69 Å². The van der Waals surface area contributed by atoms with Crippen LogP contribution in [0.1, 0.15) is 15.9 Å². The highest BCUT2D eigenvalue weighted by atomic mass is 35.5. The van der Waals surface area contributed by atoms with Crippen molar-refractivity contribution >= 4 is 23.1 Å². The third-order valence-electron chi connectivity index (χ3n) is 4.61. The molecule has 0 saturated carbocycles. The molecule has 1 aliphatic heterocycles. The Bertz CT molecular complexity index is 971. The van der Waals surface area contributed by atoms with E-state index >= 15 is 0 Å². The van der Waals surface area contributed by atoms with Crippen LogP contribution in [0.5, 0.6) is 0 Å². The monoisotopic (exact) mass is 359 g/mol. The lowest BCUT2D eigenvalue weighted by Crippen LogP contribution is -2.18. The van der Waals surface area contributed by atoms with E-state index in [0.29, 0.717) is 11.1 Å². The lowest BCUT2D eigenvalue weighted by molar-refractivity contribution is 0.103. The first-order valence-electron chi connectivity index (χ1n) is 8.63. The maximum absolute atomic E-state index is 12.7. The Labute approximate surface area is 158 Å². The number of carbonyl (C=O) groups excluding carboxylic acids is 1. The normalized spacial score (nSPS) is 13.2. The first kappa shape index (κ1) is 16.6. The van der Waals surface area contributed by atoms with E-state index in [4.69, 9.17) is 11.6 Å². The molecule has 0 fully saturated rings. The zero-order valence-electron chi connectivity index (χ0n) is 14.2. The van der Waals surface area contributed by atoms with Crippen molar-refractivity contribution in [3.05, 3.63) is 101 Å². The fraction of sp³-hybridized carbons (Fsp3) is 0.0870. The molecule has 1 aliphatic rings. The Kier molecular flexibility index (Phi) is 4.59. The number of nitrogens with zero attached hydrogens (tertiary/aromatic N) is 1. The molecular formula is C23H18ClNO. The quantitative estimate of drug-likeness (QED) is 0.445. The van der Waals surface area contributed by atoms with Gasteiger partial charge in [0, 0.05) is 29.8 Å². The number of anilines is 1. The number of ketones is 1. The van der Waals surface area contributed by atoms with Crippen molar-refractivity contribution in [3.63, 3.8) is 0 Å². The van der Waals surface area contributed by atoms with Crippen LogP contribution in [0.3, 0.4) is 0 Å². The standard InChI is InChI=1S/C23H18ClNO/c24-22-20(12-7-13-21(22)25-14-4-5-15-25)18-10-6-11-19(16-18)23(26)17-8-2-1-3-9-17/h1-13,16H,14-15H2. The highest BCUT2D eigenvalue weighted by Gasteiger charge is 2.16. The molecule has 0 N–H and O–H groups in total. The maximum atomic E-state index is 12.7. The molecule has 0 aromatic heterocycles. The third-order valence-corrected chi connectivity index (χ3v) is 5.01. The van der Waals surface area contributed by atoms with Crippen molar-refractivity contribution < 1.29 is 4.79 Å². The van der Waals surface area contributed by atoms with Crippen molar-refractivity contribution in [2.75, 3.05) is 18.0 Å². The predicted molar refractivity (Wildman–Crippen MR) is 108 cm³/mol. The Morgan fingerprint density at radius 1 is 0.808 bits per heavy atom. The van der Waals surface area contributed by atoms with Crippen molar-refractivity contribution in [1.82, 2.24) is 0 Å². The molecule has 3 aromatic rings. The van der Waals surface area contributed by atoms with E-state index in [0.717, 1.165) is 34.9 Å². The summed E-state index contributed by atoms with van der Waals surface area (Å²) in [6, 6.07) is 23.1. The first-order valence-corrected chi connectivity index (χ1v) is 9.00. The lowest BCUT2D eigenvalue weighted by atomic mass is 9.98. The Hall–Kier alpha value is -2.84. The van der Waals surface area contributed by atoms with Gasteiger partial charge < -0.3 is 4.90 Å². The number of carbonyl (C=O) groups is 1. The van der Waals surface area contributed by atoms with E-state index < -0.39 is 0 Å². The minimum Gasteiger partial charge on any atom is -0.363 e. The summed E-state index contributed by atoms with van der Waals surface area (Å²) >= 11 is 6.72. The number of benzene rings is 3. The molecule has 3 aromatic carbocycles. The van der Waals surface area contributed by atoms with Crippen LogP contribution in [-0.4, -0.2) is 18.9 Å². The molecule has 0 spiro atoms. The summed E-state index contributed by atoms with van der Waals surface area (Å²) < 4.78 is 0. The van der Waals surface area contributed by atoms with Crippen molar-refractivity contribution in [2.45, 2.75) is 0 Å². The second kappa shape index (κ2) is 7.19. The van der Waals surface area contributed by atoms with Gasteiger partial charge in [0.05, 0.1) is 10.7 Å². The molecule has 128 valence electrons. The fourth-order valence-electron chi connectivity index (χ4n) is 3.25. The Morgan fingerprint density at radius 3 is 2.27 bits per heavy atom. The number of hydrogen-bond acceptors (Lipinski definition) is 2. The maximum Gasteiger partial charge on any atom is 0.193 e. The zero-order chi connectivity index (χ0) is 17.9. The molecule has 26 heavy (non-hydrogen) atoms. The smallest absolute Gasteiger partial charge is 0.193 e. The van der Waals surface area contributed by atoms with Gasteiger partial charge >= 0.3 is 0 Å². The molecule has 1 heterocycles. The lowest BCUT2D eigenvalue weighted by Gasteiger charge is -2.21. The first-order chi connectivity index (χ1) is 12.7. The van der Waals surface area contributed by atoms with E-state index in [1.807, 2.05) is 72.8 Å². The van der Waals surface area contributed by atoms with Gasteiger partial charge in [-0.05, 0) is 17.7 Å². The molecule has 0 unspecified atom stereocenters. The van der Waals surface area contributed by atoms with Crippen LogP contribution >= 0.6 is 11.6 Å². The van der Waals surface area contributed by atoms with Crippen LogP contribution in [0.15, 0.2) is 84.9 Å². The van der Waals surface area contributed by atoms with Crippen LogP contribution in [0.2, 0.25) is 5.02 Å². The summed E-state index contributed by atoms with van der Waals surface area (Å²) in [4.78, 5) is 15.0. The van der Waals surface area contributed by atoms with Gasteiger partial charge in [0.25, 0.3) is 0 Å². The van der Waals surface area contributed by atoms with E-state index in [1.54, 1.807) is 0 Å². The highest BCUT2D eigenvalue weighted by molar-refractivity contribution is 6.36. The molecule has 4 rings (SSSR count). The van der Waals surface area contributed by atoms with Gasteiger partial charge in [-0.2, -0.15) is 0 Å². The molecule has 0 saturated heterocycles. The van der Waals surface area contributed by atoms with E-state index in [1.165, 1.54) is 0 Å². The summed E-state index contributed by atoms with van der Waals surface area (Å²) in [6.45, 7) is 1.74. The van der Waals surface area contributed by atoms with E-state index in [-0.39, 0.29) is 5.78 Å². The zero-order valence-corrected chi connectivity index (χ0v) is 15.0. The summed E-state index contributed by atoms with van der Waals surface area (Å²) in [5.41, 5.74) is 4.27. The topological polar surface area (TPSA) is 20.3 Å². The highest BCUT2D eigenvalue weighted by Crippen LogP contribution is 2.36. The average molecular weight is 360 g/mol. The minimum absolute atomic E-state index is 0.0171. The summed E-state index contributed by atoms with van der Waals surface area (Å²) in [7, 11) is 0. The number of rotatable bonds is 4. The average Bonchev–Trinajstić information content (AvgIpc) is 3.23. The molecule has 0 radical (unpaired) electrons. The largest absolute Gasteiger partial charge is 0.363 e. The van der Waals surface area contributed by atoms with Gasteiger partial charge in [0.15, 0.2) is 5.78 Å². The van der Waals surface area contributed by atoms with Crippen molar-refractivity contribution in [2.24, 2.45) is 0 Å². The van der Waals surface area contributed by atoms with E-state index in [9.17, 15) is 4.79 Å².